The van der Waals surface area contributed by atoms with Gasteiger partial charge in [0.25, 0.3) is 5.82 Å². The second kappa shape index (κ2) is 8.64. The first-order valence-electron chi connectivity index (χ1n) is 10.3. The lowest BCUT2D eigenvalue weighted by molar-refractivity contribution is -0.146. The third-order valence-corrected chi connectivity index (χ3v) is 5.59. The Morgan fingerprint density at radius 3 is 2.59 bits per heavy atom. The maximum atomic E-state index is 13.1. The van der Waals surface area contributed by atoms with Gasteiger partial charge in [-0.3, -0.25) is 4.79 Å². The minimum atomic E-state index is -4.64. The zero-order chi connectivity index (χ0) is 22.9. The quantitative estimate of drug-likeness (QED) is 0.648. The molecule has 1 aliphatic rings. The van der Waals surface area contributed by atoms with Gasteiger partial charge in [0.1, 0.15) is 5.82 Å². The topological polar surface area (TPSA) is 78.7 Å². The van der Waals surface area contributed by atoms with Gasteiger partial charge in [0.05, 0.1) is 0 Å². The van der Waals surface area contributed by atoms with Crippen LogP contribution in [-0.4, -0.2) is 52.9 Å². The van der Waals surface area contributed by atoms with E-state index in [4.69, 9.17) is 0 Å². The number of halogens is 3. The van der Waals surface area contributed by atoms with Crippen LogP contribution in [0.25, 0.3) is 5.65 Å². The van der Waals surface area contributed by atoms with Crippen LogP contribution in [0.4, 0.5) is 24.7 Å². The van der Waals surface area contributed by atoms with Crippen LogP contribution in [0.15, 0.2) is 36.4 Å². The van der Waals surface area contributed by atoms with E-state index in [0.29, 0.717) is 38.3 Å². The smallest absolute Gasteiger partial charge is 0.378 e. The first-order valence-corrected chi connectivity index (χ1v) is 10.3. The molecule has 0 spiro atoms. The molecule has 1 amide bonds. The number of aromatic nitrogens is 4. The molecule has 0 bridgehead atoms. The lowest BCUT2D eigenvalue weighted by atomic mass is 9.96. The molecule has 1 aromatic carbocycles. The van der Waals surface area contributed by atoms with Gasteiger partial charge in [-0.25, -0.2) is 0 Å². The molecule has 0 radical (unpaired) electrons. The molecular formula is C21H24F3N7O. The molecule has 0 unspecified atom stereocenters. The zero-order valence-electron chi connectivity index (χ0n) is 17.8. The van der Waals surface area contributed by atoms with Crippen LogP contribution in [0.2, 0.25) is 0 Å². The second-order valence-electron chi connectivity index (χ2n) is 8.03. The first-order chi connectivity index (χ1) is 15.2. The normalized spacial score (nSPS) is 15.2. The van der Waals surface area contributed by atoms with Crippen LogP contribution in [0.3, 0.4) is 0 Å². The van der Waals surface area contributed by atoms with E-state index in [9.17, 15) is 18.0 Å². The van der Waals surface area contributed by atoms with Gasteiger partial charge in [0, 0.05) is 45.3 Å². The number of piperidine rings is 1. The second-order valence-corrected chi connectivity index (χ2v) is 8.03. The number of nitrogens with zero attached hydrogens (tertiary/aromatic N) is 6. The molecule has 32 heavy (non-hydrogen) atoms. The summed E-state index contributed by atoms with van der Waals surface area (Å²) in [6.45, 7) is 1.50. The predicted octanol–water partition coefficient (Wildman–Crippen LogP) is 2.74. The van der Waals surface area contributed by atoms with Crippen LogP contribution in [0.5, 0.6) is 0 Å². The maximum Gasteiger partial charge on any atom is 0.453 e. The summed E-state index contributed by atoms with van der Waals surface area (Å²) in [6.07, 6.45) is -3.45. The fourth-order valence-corrected chi connectivity index (χ4v) is 3.77. The molecule has 1 N–H and O–H groups in total. The van der Waals surface area contributed by atoms with Gasteiger partial charge in [-0.15, -0.1) is 15.3 Å². The van der Waals surface area contributed by atoms with E-state index in [1.165, 1.54) is 6.07 Å². The Labute approximate surface area is 183 Å². The molecule has 8 nitrogen and oxygen atoms in total. The number of anilines is 2. The molecule has 1 aliphatic heterocycles. The van der Waals surface area contributed by atoms with E-state index in [1.807, 2.05) is 48.2 Å². The van der Waals surface area contributed by atoms with E-state index in [2.05, 4.69) is 20.6 Å². The Hall–Kier alpha value is -3.37. The molecular weight excluding hydrogens is 423 g/mol. The van der Waals surface area contributed by atoms with Crippen molar-refractivity contribution in [1.82, 2.24) is 25.1 Å². The predicted molar refractivity (Wildman–Crippen MR) is 113 cm³/mol. The highest BCUT2D eigenvalue weighted by Crippen LogP contribution is 2.28. The fourth-order valence-electron chi connectivity index (χ4n) is 3.77. The average molecular weight is 447 g/mol. The number of amides is 1. The van der Waals surface area contributed by atoms with Gasteiger partial charge < -0.3 is 15.1 Å². The molecule has 0 aliphatic carbocycles. The molecule has 3 aromatic rings. The summed E-state index contributed by atoms with van der Waals surface area (Å²) in [5.74, 6) is -0.904. The number of hydrogen-bond acceptors (Lipinski definition) is 6. The summed E-state index contributed by atoms with van der Waals surface area (Å²) >= 11 is 0. The summed E-state index contributed by atoms with van der Waals surface area (Å²) in [6, 6.07) is 11.1. The number of rotatable bonds is 5. The van der Waals surface area contributed by atoms with E-state index >= 15 is 0 Å². The van der Waals surface area contributed by atoms with Gasteiger partial charge in [0.2, 0.25) is 5.91 Å². The van der Waals surface area contributed by atoms with Crippen molar-refractivity contribution in [2.75, 3.05) is 37.0 Å². The Bertz CT molecular complexity index is 1100. The third kappa shape index (κ3) is 4.61. The van der Waals surface area contributed by atoms with Crippen molar-refractivity contribution in [3.8, 4) is 0 Å². The maximum absolute atomic E-state index is 13.1. The van der Waals surface area contributed by atoms with Gasteiger partial charge >= 0.3 is 6.18 Å². The number of nitrogens with one attached hydrogen (secondary N) is 1. The number of carbonyl (C=O) groups excluding carboxylic acids is 1. The van der Waals surface area contributed by atoms with Crippen LogP contribution in [0, 0.1) is 5.92 Å². The monoisotopic (exact) mass is 447 g/mol. The van der Waals surface area contributed by atoms with E-state index in [0.717, 1.165) is 15.8 Å². The van der Waals surface area contributed by atoms with Gasteiger partial charge in [-0.05, 0) is 42.7 Å². The number of alkyl halides is 3. The van der Waals surface area contributed by atoms with Crippen molar-refractivity contribution >= 4 is 23.1 Å². The van der Waals surface area contributed by atoms with Gasteiger partial charge in [-0.2, -0.15) is 17.7 Å². The highest BCUT2D eigenvalue weighted by molar-refractivity contribution is 5.79. The summed E-state index contributed by atoms with van der Waals surface area (Å²) in [7, 11) is 3.93. The van der Waals surface area contributed by atoms with Crippen LogP contribution in [0.1, 0.15) is 24.2 Å². The number of carbonyl (C=O) groups is 1. The van der Waals surface area contributed by atoms with Crippen molar-refractivity contribution in [3.63, 3.8) is 0 Å². The number of hydrogen-bond donors (Lipinski definition) is 1. The molecule has 4 rings (SSSR count). The molecule has 11 heteroatoms. The van der Waals surface area contributed by atoms with Crippen molar-refractivity contribution in [2.45, 2.75) is 25.6 Å². The van der Waals surface area contributed by atoms with Gasteiger partial charge in [-0.1, -0.05) is 12.1 Å². The minimum absolute atomic E-state index is 0.0125. The van der Waals surface area contributed by atoms with Crippen LogP contribution in [-0.2, 0) is 17.5 Å². The fraction of sp³-hybridized carbons (Fsp3) is 0.429. The zero-order valence-corrected chi connectivity index (χ0v) is 17.8. The minimum Gasteiger partial charge on any atom is -0.378 e. The number of benzene rings is 1. The molecule has 1 fully saturated rings. The molecule has 0 saturated carbocycles. The van der Waals surface area contributed by atoms with E-state index < -0.39 is 12.0 Å². The first kappa shape index (κ1) is 21.8. The highest BCUT2D eigenvalue weighted by Gasteiger charge is 2.38. The van der Waals surface area contributed by atoms with Gasteiger partial charge in [0.15, 0.2) is 5.65 Å². The van der Waals surface area contributed by atoms with E-state index in [-0.39, 0.29) is 17.5 Å². The van der Waals surface area contributed by atoms with Crippen LogP contribution < -0.4 is 15.1 Å². The Morgan fingerprint density at radius 1 is 1.16 bits per heavy atom. The standard InChI is InChI=1S/C21H24F3N7O/c1-29(2)16-5-3-4-14(12-16)13-25-19(32)15-8-10-30(11-9-15)18-7-6-17-26-27-20(21(22,23)24)31(17)28-18/h3-7,12,15H,8-11,13H2,1-2H3,(H,25,32). The summed E-state index contributed by atoms with van der Waals surface area (Å²) < 4.78 is 40.0. The lowest BCUT2D eigenvalue weighted by Gasteiger charge is -2.32. The Morgan fingerprint density at radius 2 is 1.91 bits per heavy atom. The lowest BCUT2D eigenvalue weighted by Crippen LogP contribution is -2.40. The highest BCUT2D eigenvalue weighted by atomic mass is 19.4. The molecule has 0 atom stereocenters. The third-order valence-electron chi connectivity index (χ3n) is 5.59. The summed E-state index contributed by atoms with van der Waals surface area (Å²) in [4.78, 5) is 16.5. The molecule has 170 valence electrons. The van der Waals surface area contributed by atoms with Crippen molar-refractivity contribution in [2.24, 2.45) is 5.92 Å². The van der Waals surface area contributed by atoms with Crippen molar-refractivity contribution < 1.29 is 18.0 Å². The molecule has 2 aromatic heterocycles. The van der Waals surface area contributed by atoms with Crippen molar-refractivity contribution in [1.29, 1.82) is 0 Å². The molecule has 1 saturated heterocycles. The van der Waals surface area contributed by atoms with Crippen LogP contribution >= 0.6 is 0 Å². The largest absolute Gasteiger partial charge is 0.453 e. The van der Waals surface area contributed by atoms with E-state index in [1.54, 1.807) is 6.07 Å². The Kier molecular flexibility index (Phi) is 5.90. The summed E-state index contributed by atoms with van der Waals surface area (Å²) in [5.41, 5.74) is 2.12. The summed E-state index contributed by atoms with van der Waals surface area (Å²) in [5, 5.41) is 13.8. The Balaban J connectivity index is 1.36. The molecule has 3 heterocycles. The van der Waals surface area contributed by atoms with Crippen molar-refractivity contribution in [3.05, 3.63) is 47.8 Å². The number of fused-ring (bicyclic) bond motifs is 1. The average Bonchev–Trinajstić information content (AvgIpc) is 3.21. The SMILES string of the molecule is CN(C)c1cccc(CNC(=O)C2CCN(c3ccc4nnc(C(F)(F)F)n4n3)CC2)c1.